The Morgan fingerprint density at radius 1 is 1.12 bits per heavy atom. The van der Waals surface area contributed by atoms with Crippen molar-refractivity contribution in [1.29, 1.82) is 0 Å². The quantitative estimate of drug-likeness (QED) is 0.575. The smallest absolute Gasteiger partial charge is 0.234 e. The summed E-state index contributed by atoms with van der Waals surface area (Å²) in [5.41, 5.74) is 0.785. The zero-order valence-electron chi connectivity index (χ0n) is 13.9. The summed E-state index contributed by atoms with van der Waals surface area (Å²) in [6.07, 6.45) is 6.78. The van der Waals surface area contributed by atoms with Crippen LogP contribution in [0.3, 0.4) is 0 Å². The third-order valence-electron chi connectivity index (χ3n) is 4.01. The minimum absolute atomic E-state index is 0.0592. The number of nitrogens with zero attached hydrogens (tertiary/aromatic N) is 3. The fourth-order valence-corrected chi connectivity index (χ4v) is 3.63. The Bertz CT molecular complexity index is 702. The van der Waals surface area contributed by atoms with Crippen LogP contribution in [0.25, 0.3) is 0 Å². The number of nitrogens with one attached hydrogen (secondary N) is 1. The average molecular weight is 421 g/mol. The molecular weight excluding hydrogens is 400 g/mol. The van der Waals surface area contributed by atoms with Gasteiger partial charge in [-0.1, -0.05) is 40.5 Å². The summed E-state index contributed by atoms with van der Waals surface area (Å²) in [6, 6.07) is 9.48. The van der Waals surface area contributed by atoms with E-state index in [1.807, 2.05) is 30.3 Å². The summed E-state index contributed by atoms with van der Waals surface area (Å²) in [4.78, 5) is 23.3. The second-order valence-corrected chi connectivity index (χ2v) is 7.80. The van der Waals surface area contributed by atoms with Gasteiger partial charge < -0.3 is 10.2 Å². The molecule has 1 fully saturated rings. The van der Waals surface area contributed by atoms with Crippen LogP contribution in [0.2, 0.25) is 0 Å². The molecule has 1 saturated heterocycles. The fraction of sp³-hybridized carbons (Fsp3) is 0.389. The fourth-order valence-electron chi connectivity index (χ4n) is 2.74. The van der Waals surface area contributed by atoms with Crippen LogP contribution in [0, 0.1) is 0 Å². The zero-order chi connectivity index (χ0) is 17.5. The van der Waals surface area contributed by atoms with Crippen molar-refractivity contribution >= 4 is 45.1 Å². The SMILES string of the molecule is O=C(CSc1nccc(N2CCCCCC2)n1)Nc1ccc(Br)cc1. The molecule has 0 aliphatic carbocycles. The van der Waals surface area contributed by atoms with E-state index in [1.165, 1.54) is 37.4 Å². The van der Waals surface area contributed by atoms with Crippen molar-refractivity contribution in [2.24, 2.45) is 0 Å². The zero-order valence-corrected chi connectivity index (χ0v) is 16.4. The van der Waals surface area contributed by atoms with Crippen LogP contribution in [0.15, 0.2) is 46.2 Å². The van der Waals surface area contributed by atoms with E-state index in [0.29, 0.717) is 10.9 Å². The van der Waals surface area contributed by atoms with Crippen LogP contribution >= 0.6 is 27.7 Å². The number of carbonyl (C=O) groups is 1. The Morgan fingerprint density at radius 2 is 1.84 bits per heavy atom. The van der Waals surface area contributed by atoms with Gasteiger partial charge in [0.2, 0.25) is 5.91 Å². The van der Waals surface area contributed by atoms with Gasteiger partial charge in [0.05, 0.1) is 5.75 Å². The van der Waals surface area contributed by atoms with E-state index in [0.717, 1.165) is 29.1 Å². The molecule has 1 amide bonds. The molecule has 0 atom stereocenters. The predicted molar refractivity (Wildman–Crippen MR) is 106 cm³/mol. The number of carbonyl (C=O) groups excluding carboxylic acids is 1. The van der Waals surface area contributed by atoms with Gasteiger partial charge in [-0.3, -0.25) is 4.79 Å². The molecule has 1 N–H and O–H groups in total. The maximum absolute atomic E-state index is 12.1. The van der Waals surface area contributed by atoms with Gasteiger partial charge in [0.1, 0.15) is 5.82 Å². The van der Waals surface area contributed by atoms with Crippen molar-refractivity contribution < 1.29 is 4.79 Å². The van der Waals surface area contributed by atoms with Gasteiger partial charge in [0, 0.05) is 29.4 Å². The molecule has 0 saturated carbocycles. The lowest BCUT2D eigenvalue weighted by molar-refractivity contribution is -0.113. The largest absolute Gasteiger partial charge is 0.356 e. The minimum atomic E-state index is -0.0592. The molecule has 0 spiro atoms. The number of aromatic nitrogens is 2. The van der Waals surface area contributed by atoms with E-state index in [1.54, 1.807) is 6.20 Å². The first-order valence-electron chi connectivity index (χ1n) is 8.47. The van der Waals surface area contributed by atoms with Crippen LogP contribution in [-0.2, 0) is 4.79 Å². The molecular formula is C18H21BrN4OS. The van der Waals surface area contributed by atoms with Gasteiger partial charge in [0.25, 0.3) is 0 Å². The monoisotopic (exact) mass is 420 g/mol. The highest BCUT2D eigenvalue weighted by atomic mass is 79.9. The Balaban J connectivity index is 1.54. The molecule has 2 aromatic rings. The highest BCUT2D eigenvalue weighted by molar-refractivity contribution is 9.10. The topological polar surface area (TPSA) is 58.1 Å². The third-order valence-corrected chi connectivity index (χ3v) is 5.40. The Labute approximate surface area is 160 Å². The lowest BCUT2D eigenvalue weighted by Gasteiger charge is -2.21. The van der Waals surface area contributed by atoms with Crippen LogP contribution in [0.4, 0.5) is 11.5 Å². The molecule has 1 aliphatic heterocycles. The average Bonchev–Trinajstić information content (AvgIpc) is 2.92. The highest BCUT2D eigenvalue weighted by Gasteiger charge is 2.12. The number of benzene rings is 1. The molecule has 3 rings (SSSR count). The van der Waals surface area contributed by atoms with E-state index in [2.05, 4.69) is 36.1 Å². The van der Waals surface area contributed by atoms with Crippen LogP contribution in [0.1, 0.15) is 25.7 Å². The van der Waals surface area contributed by atoms with Crippen molar-refractivity contribution in [3.8, 4) is 0 Å². The van der Waals surface area contributed by atoms with Crippen molar-refractivity contribution in [1.82, 2.24) is 9.97 Å². The standard InChI is InChI=1S/C18H21BrN4OS/c19-14-5-7-15(8-6-14)21-17(24)13-25-18-20-10-9-16(22-18)23-11-3-1-2-4-12-23/h5-10H,1-4,11-13H2,(H,21,24). The summed E-state index contributed by atoms with van der Waals surface area (Å²) in [6.45, 7) is 2.09. The van der Waals surface area contributed by atoms with Gasteiger partial charge in [-0.2, -0.15) is 0 Å². The van der Waals surface area contributed by atoms with Crippen molar-refractivity contribution in [2.75, 3.05) is 29.1 Å². The summed E-state index contributed by atoms with van der Waals surface area (Å²) < 4.78 is 0.985. The first-order valence-corrected chi connectivity index (χ1v) is 10.2. The molecule has 25 heavy (non-hydrogen) atoms. The Morgan fingerprint density at radius 3 is 2.56 bits per heavy atom. The number of anilines is 2. The first kappa shape index (κ1) is 18.2. The number of hydrogen-bond acceptors (Lipinski definition) is 5. The predicted octanol–water partition coefficient (Wildman–Crippen LogP) is 4.35. The number of halogens is 1. The van der Waals surface area contributed by atoms with Gasteiger partial charge in [-0.05, 0) is 43.2 Å². The molecule has 1 aromatic heterocycles. The van der Waals surface area contributed by atoms with Crippen LogP contribution in [0.5, 0.6) is 0 Å². The van der Waals surface area contributed by atoms with Gasteiger partial charge in [-0.15, -0.1) is 0 Å². The van der Waals surface area contributed by atoms with E-state index in [-0.39, 0.29) is 5.91 Å². The maximum atomic E-state index is 12.1. The number of thioether (sulfide) groups is 1. The molecule has 0 radical (unpaired) electrons. The van der Waals surface area contributed by atoms with E-state index >= 15 is 0 Å². The van der Waals surface area contributed by atoms with Crippen LogP contribution < -0.4 is 10.2 Å². The number of hydrogen-bond donors (Lipinski definition) is 1. The summed E-state index contributed by atoms with van der Waals surface area (Å²) in [5.74, 6) is 1.20. The van der Waals surface area contributed by atoms with Gasteiger partial charge in [-0.25, -0.2) is 9.97 Å². The molecule has 7 heteroatoms. The number of rotatable bonds is 5. The van der Waals surface area contributed by atoms with E-state index in [4.69, 9.17) is 0 Å². The van der Waals surface area contributed by atoms with Crippen molar-refractivity contribution in [3.63, 3.8) is 0 Å². The molecule has 1 aliphatic rings. The molecule has 0 bridgehead atoms. The van der Waals surface area contributed by atoms with Crippen molar-refractivity contribution in [3.05, 3.63) is 41.0 Å². The van der Waals surface area contributed by atoms with Gasteiger partial charge in [0.15, 0.2) is 5.16 Å². The normalized spacial score (nSPS) is 14.8. The lowest BCUT2D eigenvalue weighted by Crippen LogP contribution is -2.25. The molecule has 1 aromatic carbocycles. The second kappa shape index (κ2) is 9.20. The van der Waals surface area contributed by atoms with Gasteiger partial charge >= 0.3 is 0 Å². The van der Waals surface area contributed by atoms with E-state index in [9.17, 15) is 4.79 Å². The second-order valence-electron chi connectivity index (χ2n) is 5.94. The summed E-state index contributed by atoms with van der Waals surface area (Å²) in [5, 5.41) is 3.53. The molecule has 132 valence electrons. The Kier molecular flexibility index (Phi) is 6.69. The van der Waals surface area contributed by atoms with E-state index < -0.39 is 0 Å². The minimum Gasteiger partial charge on any atom is -0.356 e. The molecule has 0 unspecified atom stereocenters. The first-order chi connectivity index (χ1) is 12.2. The Hall–Kier alpha value is -1.60. The molecule has 2 heterocycles. The molecule has 5 nitrogen and oxygen atoms in total. The number of amides is 1. The van der Waals surface area contributed by atoms with Crippen molar-refractivity contribution in [2.45, 2.75) is 30.8 Å². The third kappa shape index (κ3) is 5.71. The van der Waals surface area contributed by atoms with Crippen LogP contribution in [-0.4, -0.2) is 34.7 Å². The maximum Gasteiger partial charge on any atom is 0.234 e. The lowest BCUT2D eigenvalue weighted by atomic mass is 10.2. The summed E-state index contributed by atoms with van der Waals surface area (Å²) >= 11 is 4.74. The summed E-state index contributed by atoms with van der Waals surface area (Å²) in [7, 11) is 0. The highest BCUT2D eigenvalue weighted by Crippen LogP contribution is 2.21.